The number of rotatable bonds is 4. The molecule has 3 nitrogen and oxygen atoms in total. The quantitative estimate of drug-likeness (QED) is 0.740. The molecule has 0 aliphatic carbocycles. The molecule has 0 fully saturated rings. The zero-order valence-electron chi connectivity index (χ0n) is 8.23. The highest BCUT2D eigenvalue weighted by Gasteiger charge is 2.06. The first-order valence-electron chi connectivity index (χ1n) is 4.70. The van der Waals surface area contributed by atoms with E-state index in [-0.39, 0.29) is 5.91 Å². The fourth-order valence-corrected chi connectivity index (χ4v) is 1.12. The molecule has 0 unspecified atom stereocenters. The first kappa shape index (κ1) is 10.7. The van der Waals surface area contributed by atoms with Crippen LogP contribution in [0.3, 0.4) is 0 Å². The molecule has 1 atom stereocenters. The van der Waals surface area contributed by atoms with Crippen molar-refractivity contribution in [3.05, 3.63) is 35.9 Å². The smallest absolute Gasteiger partial charge is 0.248 e. The summed E-state index contributed by atoms with van der Waals surface area (Å²) in [6, 6.07) is 9.90. The molecule has 0 saturated carbocycles. The third-order valence-corrected chi connectivity index (χ3v) is 1.94. The van der Waals surface area contributed by atoms with Crippen molar-refractivity contribution in [1.82, 2.24) is 5.32 Å². The van der Waals surface area contributed by atoms with Crippen molar-refractivity contribution >= 4 is 5.91 Å². The predicted molar refractivity (Wildman–Crippen MR) is 54.8 cm³/mol. The molecule has 2 N–H and O–H groups in total. The third-order valence-electron chi connectivity index (χ3n) is 1.94. The van der Waals surface area contributed by atoms with Gasteiger partial charge in [-0.2, -0.15) is 0 Å². The van der Waals surface area contributed by atoms with E-state index in [1.165, 1.54) is 12.5 Å². The van der Waals surface area contributed by atoms with E-state index in [9.17, 15) is 4.79 Å². The van der Waals surface area contributed by atoms with Gasteiger partial charge < -0.3 is 10.4 Å². The largest absolute Gasteiger partial charge is 0.384 e. The van der Waals surface area contributed by atoms with Crippen LogP contribution < -0.4 is 5.32 Å². The standard InChI is InChI=1S/C11H15NO2/c1-9(13)11(14)12-8-7-10-5-3-2-4-6-10/h2-6,9,13H,7-8H2,1H3,(H,12,14)/t9-/m1/s1. The first-order valence-corrected chi connectivity index (χ1v) is 4.70. The Morgan fingerprint density at radius 2 is 2.07 bits per heavy atom. The van der Waals surface area contributed by atoms with Crippen LogP contribution in [0.15, 0.2) is 30.3 Å². The number of benzene rings is 1. The van der Waals surface area contributed by atoms with E-state index in [0.29, 0.717) is 6.54 Å². The van der Waals surface area contributed by atoms with Crippen LogP contribution in [0.25, 0.3) is 0 Å². The van der Waals surface area contributed by atoms with Gasteiger partial charge in [-0.15, -0.1) is 0 Å². The van der Waals surface area contributed by atoms with Crippen LogP contribution in [0.2, 0.25) is 0 Å². The minimum atomic E-state index is -0.925. The number of amides is 1. The minimum Gasteiger partial charge on any atom is -0.384 e. The molecule has 0 aromatic heterocycles. The molecule has 0 aliphatic rings. The van der Waals surface area contributed by atoms with E-state index in [4.69, 9.17) is 5.11 Å². The fourth-order valence-electron chi connectivity index (χ4n) is 1.12. The predicted octanol–water partition coefficient (Wildman–Crippen LogP) is 0.726. The Morgan fingerprint density at radius 3 is 2.64 bits per heavy atom. The molecular weight excluding hydrogens is 178 g/mol. The summed E-state index contributed by atoms with van der Waals surface area (Å²) in [5, 5.41) is 11.5. The summed E-state index contributed by atoms with van der Waals surface area (Å²) in [5.41, 5.74) is 1.18. The van der Waals surface area contributed by atoms with Crippen molar-refractivity contribution in [2.75, 3.05) is 6.54 Å². The van der Waals surface area contributed by atoms with Gasteiger partial charge in [-0.05, 0) is 18.9 Å². The van der Waals surface area contributed by atoms with E-state index in [0.717, 1.165) is 6.42 Å². The molecule has 0 bridgehead atoms. The molecule has 0 saturated heterocycles. The van der Waals surface area contributed by atoms with Gasteiger partial charge >= 0.3 is 0 Å². The second-order valence-corrected chi connectivity index (χ2v) is 3.20. The van der Waals surface area contributed by atoms with Crippen LogP contribution in [-0.2, 0) is 11.2 Å². The SMILES string of the molecule is C[C@@H](O)C(=O)NCCc1ccccc1. The number of hydrogen-bond donors (Lipinski definition) is 2. The zero-order valence-corrected chi connectivity index (χ0v) is 8.23. The Labute approximate surface area is 83.8 Å². The Balaban J connectivity index is 2.26. The molecule has 0 heterocycles. The lowest BCUT2D eigenvalue weighted by Crippen LogP contribution is -2.33. The molecule has 14 heavy (non-hydrogen) atoms. The average molecular weight is 193 g/mol. The molecule has 0 aliphatic heterocycles. The average Bonchev–Trinajstić information content (AvgIpc) is 2.19. The molecular formula is C11H15NO2. The van der Waals surface area contributed by atoms with Crippen molar-refractivity contribution in [1.29, 1.82) is 0 Å². The van der Waals surface area contributed by atoms with Crippen LogP contribution in [-0.4, -0.2) is 23.7 Å². The van der Waals surface area contributed by atoms with Crippen molar-refractivity contribution < 1.29 is 9.90 Å². The van der Waals surface area contributed by atoms with Gasteiger partial charge in [-0.25, -0.2) is 0 Å². The molecule has 1 aromatic carbocycles. The van der Waals surface area contributed by atoms with E-state index in [1.807, 2.05) is 30.3 Å². The fraction of sp³-hybridized carbons (Fsp3) is 0.364. The highest BCUT2D eigenvalue weighted by molar-refractivity contribution is 5.79. The summed E-state index contributed by atoms with van der Waals surface area (Å²) in [6.45, 7) is 2.02. The summed E-state index contributed by atoms with van der Waals surface area (Å²) in [5.74, 6) is -0.319. The summed E-state index contributed by atoms with van der Waals surface area (Å²) in [7, 11) is 0. The van der Waals surface area contributed by atoms with E-state index >= 15 is 0 Å². The second-order valence-electron chi connectivity index (χ2n) is 3.20. The first-order chi connectivity index (χ1) is 6.70. The van der Waals surface area contributed by atoms with Gasteiger partial charge in [-0.1, -0.05) is 30.3 Å². The summed E-state index contributed by atoms with van der Waals surface area (Å²) >= 11 is 0. The van der Waals surface area contributed by atoms with Crippen molar-refractivity contribution in [2.45, 2.75) is 19.4 Å². The topological polar surface area (TPSA) is 49.3 Å². The van der Waals surface area contributed by atoms with Crippen LogP contribution in [0.1, 0.15) is 12.5 Å². The number of hydrogen-bond acceptors (Lipinski definition) is 2. The third kappa shape index (κ3) is 3.58. The number of carbonyl (C=O) groups is 1. The molecule has 1 aromatic rings. The Morgan fingerprint density at radius 1 is 1.43 bits per heavy atom. The van der Waals surface area contributed by atoms with Crippen LogP contribution in [0, 0.1) is 0 Å². The highest BCUT2D eigenvalue weighted by atomic mass is 16.3. The van der Waals surface area contributed by atoms with E-state index in [1.54, 1.807) is 0 Å². The van der Waals surface area contributed by atoms with Gasteiger partial charge in [0.2, 0.25) is 5.91 Å². The minimum absolute atomic E-state index is 0.319. The van der Waals surface area contributed by atoms with E-state index < -0.39 is 6.10 Å². The maximum atomic E-state index is 11.0. The maximum absolute atomic E-state index is 11.0. The Hall–Kier alpha value is -1.35. The summed E-state index contributed by atoms with van der Waals surface area (Å²) in [6.07, 6.45) is -0.134. The summed E-state index contributed by atoms with van der Waals surface area (Å²) < 4.78 is 0. The second kappa shape index (κ2) is 5.40. The van der Waals surface area contributed by atoms with E-state index in [2.05, 4.69) is 5.32 Å². The lowest BCUT2D eigenvalue weighted by Gasteiger charge is -2.06. The molecule has 1 amide bonds. The normalized spacial score (nSPS) is 12.1. The van der Waals surface area contributed by atoms with Gasteiger partial charge in [0.05, 0.1) is 0 Å². The van der Waals surface area contributed by atoms with Gasteiger partial charge in [0.25, 0.3) is 0 Å². The number of nitrogens with one attached hydrogen (secondary N) is 1. The van der Waals surface area contributed by atoms with Gasteiger partial charge in [0.1, 0.15) is 6.10 Å². The Kier molecular flexibility index (Phi) is 4.13. The van der Waals surface area contributed by atoms with Gasteiger partial charge in [0, 0.05) is 6.54 Å². The lowest BCUT2D eigenvalue weighted by atomic mass is 10.1. The maximum Gasteiger partial charge on any atom is 0.248 e. The molecule has 1 rings (SSSR count). The van der Waals surface area contributed by atoms with Crippen LogP contribution in [0.4, 0.5) is 0 Å². The van der Waals surface area contributed by atoms with Gasteiger partial charge in [-0.3, -0.25) is 4.79 Å². The number of aliphatic hydroxyl groups is 1. The van der Waals surface area contributed by atoms with Crippen molar-refractivity contribution in [3.8, 4) is 0 Å². The summed E-state index contributed by atoms with van der Waals surface area (Å²) in [4.78, 5) is 11.0. The number of carbonyl (C=O) groups excluding carboxylic acids is 1. The molecule has 3 heteroatoms. The number of aliphatic hydroxyl groups excluding tert-OH is 1. The van der Waals surface area contributed by atoms with Crippen molar-refractivity contribution in [3.63, 3.8) is 0 Å². The molecule has 0 spiro atoms. The zero-order chi connectivity index (χ0) is 10.4. The highest BCUT2D eigenvalue weighted by Crippen LogP contribution is 1.98. The molecule has 0 radical (unpaired) electrons. The molecule has 76 valence electrons. The van der Waals surface area contributed by atoms with Crippen LogP contribution in [0.5, 0.6) is 0 Å². The van der Waals surface area contributed by atoms with Crippen molar-refractivity contribution in [2.24, 2.45) is 0 Å². The monoisotopic (exact) mass is 193 g/mol. The lowest BCUT2D eigenvalue weighted by molar-refractivity contribution is -0.128. The Bertz CT molecular complexity index is 283. The van der Waals surface area contributed by atoms with Gasteiger partial charge in [0.15, 0.2) is 0 Å². The van der Waals surface area contributed by atoms with Crippen LogP contribution >= 0.6 is 0 Å².